The Morgan fingerprint density at radius 3 is 2.72 bits per heavy atom. The van der Waals surface area contributed by atoms with Crippen molar-refractivity contribution in [2.24, 2.45) is 0 Å². The molecule has 0 unspecified atom stereocenters. The summed E-state index contributed by atoms with van der Waals surface area (Å²) in [6.07, 6.45) is 0.700. The molecule has 3 rings (SSSR count). The molecule has 0 radical (unpaired) electrons. The third-order valence-corrected chi connectivity index (χ3v) is 4.50. The maximum atomic E-state index is 12.4. The fourth-order valence-corrected chi connectivity index (χ4v) is 3.42. The van der Waals surface area contributed by atoms with Crippen LogP contribution in [0.4, 0.5) is 0 Å². The summed E-state index contributed by atoms with van der Waals surface area (Å²) in [5.74, 6) is 0.737. The lowest BCUT2D eigenvalue weighted by atomic mass is 10.3. The SMILES string of the molecule is O=S(=O)(c1cccc2c1OCCO2)N1CCCO1. The van der Waals surface area contributed by atoms with Crippen molar-refractivity contribution in [2.45, 2.75) is 11.3 Å². The molecule has 1 saturated heterocycles. The smallest absolute Gasteiger partial charge is 0.268 e. The van der Waals surface area contributed by atoms with Gasteiger partial charge in [0.05, 0.1) is 6.61 Å². The minimum absolute atomic E-state index is 0.0987. The molecule has 0 N–H and O–H groups in total. The van der Waals surface area contributed by atoms with Gasteiger partial charge in [-0.3, -0.25) is 4.84 Å². The molecule has 0 spiro atoms. The minimum atomic E-state index is -3.67. The summed E-state index contributed by atoms with van der Waals surface area (Å²) in [5.41, 5.74) is 0. The van der Waals surface area contributed by atoms with Crippen LogP contribution in [0.1, 0.15) is 6.42 Å². The molecular formula is C11H13NO5S. The first-order chi connectivity index (χ1) is 8.69. The van der Waals surface area contributed by atoms with Crippen LogP contribution < -0.4 is 9.47 Å². The van der Waals surface area contributed by atoms with Crippen LogP contribution in [0.2, 0.25) is 0 Å². The fourth-order valence-electron chi connectivity index (χ4n) is 1.97. The first kappa shape index (κ1) is 11.8. The predicted octanol–water partition coefficient (Wildman–Crippen LogP) is 0.784. The highest BCUT2D eigenvalue weighted by Crippen LogP contribution is 2.38. The Labute approximate surface area is 105 Å². The van der Waals surface area contributed by atoms with Gasteiger partial charge in [-0.2, -0.15) is 0 Å². The Kier molecular flexibility index (Phi) is 2.89. The highest BCUT2D eigenvalue weighted by atomic mass is 32.2. The molecule has 18 heavy (non-hydrogen) atoms. The van der Waals surface area contributed by atoms with Gasteiger partial charge in [-0.05, 0) is 18.6 Å². The number of hydrogen-bond acceptors (Lipinski definition) is 5. The Morgan fingerprint density at radius 1 is 1.11 bits per heavy atom. The molecule has 6 nitrogen and oxygen atoms in total. The molecule has 0 bridgehead atoms. The van der Waals surface area contributed by atoms with Crippen LogP contribution in [0, 0.1) is 0 Å². The van der Waals surface area contributed by atoms with Crippen LogP contribution in [0.15, 0.2) is 23.1 Å². The summed E-state index contributed by atoms with van der Waals surface area (Å²) in [4.78, 5) is 5.21. The number of ether oxygens (including phenoxy) is 2. The van der Waals surface area contributed by atoms with Crippen molar-refractivity contribution in [1.29, 1.82) is 0 Å². The average molecular weight is 271 g/mol. The average Bonchev–Trinajstić information content (AvgIpc) is 2.92. The van der Waals surface area contributed by atoms with Gasteiger partial charge in [0.15, 0.2) is 11.5 Å². The minimum Gasteiger partial charge on any atom is -0.486 e. The van der Waals surface area contributed by atoms with E-state index in [1.54, 1.807) is 12.1 Å². The summed E-state index contributed by atoms with van der Waals surface area (Å²) in [7, 11) is -3.67. The van der Waals surface area contributed by atoms with Gasteiger partial charge < -0.3 is 9.47 Å². The second kappa shape index (κ2) is 4.42. The van der Waals surface area contributed by atoms with Gasteiger partial charge in [0.25, 0.3) is 10.0 Å². The molecule has 0 atom stereocenters. The van der Waals surface area contributed by atoms with Gasteiger partial charge in [-0.25, -0.2) is 8.42 Å². The van der Waals surface area contributed by atoms with Crippen molar-refractivity contribution in [3.05, 3.63) is 18.2 Å². The third-order valence-electron chi connectivity index (χ3n) is 2.80. The van der Waals surface area contributed by atoms with E-state index in [-0.39, 0.29) is 10.6 Å². The summed E-state index contributed by atoms with van der Waals surface area (Å²) >= 11 is 0. The Hall–Kier alpha value is -1.31. The van der Waals surface area contributed by atoms with Crippen molar-refractivity contribution in [3.63, 3.8) is 0 Å². The van der Waals surface area contributed by atoms with Gasteiger partial charge in [-0.1, -0.05) is 10.5 Å². The van der Waals surface area contributed by atoms with E-state index < -0.39 is 10.0 Å². The van der Waals surface area contributed by atoms with E-state index in [2.05, 4.69) is 0 Å². The maximum Gasteiger partial charge on any atom is 0.268 e. The van der Waals surface area contributed by atoms with E-state index in [0.29, 0.717) is 38.5 Å². The van der Waals surface area contributed by atoms with Crippen molar-refractivity contribution in [1.82, 2.24) is 4.47 Å². The topological polar surface area (TPSA) is 65.1 Å². The molecule has 1 aromatic rings. The van der Waals surface area contributed by atoms with Crippen LogP contribution >= 0.6 is 0 Å². The summed E-state index contributed by atoms with van der Waals surface area (Å²) < 4.78 is 36.5. The monoisotopic (exact) mass is 271 g/mol. The lowest BCUT2D eigenvalue weighted by Crippen LogP contribution is -2.28. The molecule has 0 saturated carbocycles. The summed E-state index contributed by atoms with van der Waals surface area (Å²) in [6.45, 7) is 1.57. The summed E-state index contributed by atoms with van der Waals surface area (Å²) in [6, 6.07) is 4.83. The van der Waals surface area contributed by atoms with Crippen LogP contribution in [0.3, 0.4) is 0 Å². The molecule has 98 valence electrons. The molecule has 0 aromatic heterocycles. The Morgan fingerprint density at radius 2 is 1.94 bits per heavy atom. The highest BCUT2D eigenvalue weighted by Gasteiger charge is 2.33. The standard InChI is InChI=1S/C11H13NO5S/c13-18(14,12-5-2-6-17-12)10-4-1-3-9-11(10)16-8-7-15-9/h1,3-4H,2,5-8H2. The fraction of sp³-hybridized carbons (Fsp3) is 0.455. The molecule has 1 aromatic carbocycles. The maximum absolute atomic E-state index is 12.4. The van der Waals surface area contributed by atoms with Crippen LogP contribution in [-0.2, 0) is 14.9 Å². The Bertz CT molecular complexity index is 551. The van der Waals surface area contributed by atoms with E-state index in [4.69, 9.17) is 14.3 Å². The lowest BCUT2D eigenvalue weighted by molar-refractivity contribution is -0.0286. The van der Waals surface area contributed by atoms with Crippen molar-refractivity contribution in [3.8, 4) is 11.5 Å². The third kappa shape index (κ3) is 1.84. The zero-order valence-corrected chi connectivity index (χ0v) is 10.5. The highest BCUT2D eigenvalue weighted by molar-refractivity contribution is 7.89. The van der Waals surface area contributed by atoms with E-state index in [0.717, 1.165) is 4.47 Å². The predicted molar refractivity (Wildman–Crippen MR) is 61.9 cm³/mol. The van der Waals surface area contributed by atoms with Crippen molar-refractivity contribution >= 4 is 10.0 Å². The number of benzene rings is 1. The van der Waals surface area contributed by atoms with Gasteiger partial charge in [0, 0.05) is 6.54 Å². The first-order valence-electron chi connectivity index (χ1n) is 5.74. The van der Waals surface area contributed by atoms with E-state index in [1.807, 2.05) is 0 Å². The first-order valence-corrected chi connectivity index (χ1v) is 7.18. The number of nitrogens with zero attached hydrogens (tertiary/aromatic N) is 1. The number of sulfonamides is 1. The van der Waals surface area contributed by atoms with Crippen LogP contribution in [0.25, 0.3) is 0 Å². The summed E-state index contributed by atoms with van der Waals surface area (Å²) in [5, 5.41) is 0. The molecule has 7 heteroatoms. The second-order valence-corrected chi connectivity index (χ2v) is 5.80. The molecule has 1 fully saturated rings. The molecule has 2 heterocycles. The molecule has 2 aliphatic rings. The Balaban J connectivity index is 2.06. The number of fused-ring (bicyclic) bond motifs is 1. The van der Waals surface area contributed by atoms with Gasteiger partial charge in [0.1, 0.15) is 18.1 Å². The van der Waals surface area contributed by atoms with Crippen molar-refractivity contribution < 1.29 is 22.7 Å². The van der Waals surface area contributed by atoms with E-state index in [1.165, 1.54) is 6.07 Å². The van der Waals surface area contributed by atoms with Gasteiger partial charge >= 0.3 is 0 Å². The number of hydroxylamine groups is 1. The number of para-hydroxylation sites is 1. The molecule has 0 amide bonds. The second-order valence-electron chi connectivity index (χ2n) is 4.00. The normalized spacial score (nSPS) is 20.0. The number of hydrogen-bond donors (Lipinski definition) is 0. The van der Waals surface area contributed by atoms with Crippen LogP contribution in [-0.4, -0.2) is 39.3 Å². The van der Waals surface area contributed by atoms with Gasteiger partial charge in [-0.15, -0.1) is 0 Å². The molecule has 0 aliphatic carbocycles. The molecular weight excluding hydrogens is 258 g/mol. The largest absolute Gasteiger partial charge is 0.486 e. The molecule has 2 aliphatic heterocycles. The van der Waals surface area contributed by atoms with Gasteiger partial charge in [0.2, 0.25) is 0 Å². The number of rotatable bonds is 2. The quantitative estimate of drug-likeness (QED) is 0.795. The van der Waals surface area contributed by atoms with E-state index in [9.17, 15) is 8.42 Å². The zero-order chi connectivity index (χ0) is 12.6. The zero-order valence-electron chi connectivity index (χ0n) is 9.66. The van der Waals surface area contributed by atoms with Crippen molar-refractivity contribution in [2.75, 3.05) is 26.4 Å². The van der Waals surface area contributed by atoms with Crippen LogP contribution in [0.5, 0.6) is 11.5 Å². The lowest BCUT2D eigenvalue weighted by Gasteiger charge is -2.22. The van der Waals surface area contributed by atoms with E-state index >= 15 is 0 Å².